The average molecular weight is 198 g/mol. The molecule has 0 spiro atoms. The van der Waals surface area contributed by atoms with E-state index in [1.165, 1.54) is 10.8 Å². The van der Waals surface area contributed by atoms with Gasteiger partial charge in [0.2, 0.25) is 0 Å². The smallest absolute Gasteiger partial charge is 0.136 e. The molecule has 2 aromatic carbocycles. The summed E-state index contributed by atoms with van der Waals surface area (Å²) in [5.41, 5.74) is 1.10. The first-order valence-corrected chi connectivity index (χ1v) is 5.17. The minimum Gasteiger partial charge on any atom is -0.299 e. The Balaban J connectivity index is 2.51. The Bertz CT molecular complexity index is 499. The molecule has 1 heteroatoms. The number of benzene rings is 2. The maximum Gasteiger partial charge on any atom is 0.136 e. The summed E-state index contributed by atoms with van der Waals surface area (Å²) in [7, 11) is 0. The van der Waals surface area contributed by atoms with Gasteiger partial charge < -0.3 is 0 Å². The van der Waals surface area contributed by atoms with Crippen molar-refractivity contribution >= 4 is 16.6 Å². The average Bonchev–Trinajstić information content (AvgIpc) is 2.27. The Morgan fingerprint density at radius 3 is 2.40 bits per heavy atom. The van der Waals surface area contributed by atoms with Gasteiger partial charge in [0, 0.05) is 5.92 Å². The van der Waals surface area contributed by atoms with E-state index in [2.05, 4.69) is 24.3 Å². The molecule has 0 aliphatic carbocycles. The van der Waals surface area contributed by atoms with Crippen LogP contribution in [0.3, 0.4) is 0 Å². The summed E-state index contributed by atoms with van der Waals surface area (Å²) < 4.78 is 0. The second-order valence-electron chi connectivity index (χ2n) is 3.94. The minimum atomic E-state index is -0.00499. The van der Waals surface area contributed by atoms with Gasteiger partial charge in [0.15, 0.2) is 0 Å². The lowest BCUT2D eigenvalue weighted by molar-refractivity contribution is -0.118. The lowest BCUT2D eigenvalue weighted by Gasteiger charge is -2.08. The predicted molar refractivity (Wildman–Crippen MR) is 63.0 cm³/mol. The van der Waals surface area contributed by atoms with E-state index in [0.717, 1.165) is 5.56 Å². The van der Waals surface area contributed by atoms with Gasteiger partial charge in [0.05, 0.1) is 0 Å². The van der Waals surface area contributed by atoms with Crippen LogP contribution >= 0.6 is 0 Å². The van der Waals surface area contributed by atoms with Crippen molar-refractivity contribution in [2.24, 2.45) is 0 Å². The molecule has 0 aliphatic heterocycles. The third kappa shape index (κ3) is 1.91. The molecule has 0 bridgehead atoms. The maximum absolute atomic E-state index is 11.3. The summed E-state index contributed by atoms with van der Waals surface area (Å²) in [5, 5.41) is 2.42. The van der Waals surface area contributed by atoms with Gasteiger partial charge in [-0.05, 0) is 23.3 Å². The van der Waals surface area contributed by atoms with E-state index in [1.54, 1.807) is 6.92 Å². The molecule has 0 saturated carbocycles. The largest absolute Gasteiger partial charge is 0.299 e. The number of rotatable bonds is 2. The zero-order chi connectivity index (χ0) is 10.8. The van der Waals surface area contributed by atoms with Crippen LogP contribution in [0.15, 0.2) is 42.5 Å². The number of ketones is 1. The van der Waals surface area contributed by atoms with Gasteiger partial charge in [-0.15, -0.1) is 0 Å². The van der Waals surface area contributed by atoms with Crippen LogP contribution in [0.5, 0.6) is 0 Å². The molecule has 0 heterocycles. The molecule has 0 N–H and O–H groups in total. The Morgan fingerprint density at radius 2 is 1.73 bits per heavy atom. The molecule has 2 rings (SSSR count). The van der Waals surface area contributed by atoms with Crippen LogP contribution in [0.25, 0.3) is 10.8 Å². The summed E-state index contributed by atoms with van der Waals surface area (Å²) in [6, 6.07) is 14.4. The second-order valence-corrected chi connectivity index (χ2v) is 3.94. The molecule has 2 aromatic rings. The van der Waals surface area contributed by atoms with E-state index in [0.29, 0.717) is 0 Å². The number of carbonyl (C=O) groups is 1. The number of carbonyl (C=O) groups excluding carboxylic acids is 1. The van der Waals surface area contributed by atoms with Gasteiger partial charge in [-0.1, -0.05) is 49.4 Å². The van der Waals surface area contributed by atoms with Crippen LogP contribution < -0.4 is 0 Å². The normalized spacial score (nSPS) is 12.7. The fourth-order valence-electron chi connectivity index (χ4n) is 1.71. The lowest BCUT2D eigenvalue weighted by Crippen LogP contribution is -2.03. The van der Waals surface area contributed by atoms with Crippen LogP contribution in [0, 0.1) is 0 Å². The monoisotopic (exact) mass is 198 g/mol. The van der Waals surface area contributed by atoms with E-state index >= 15 is 0 Å². The number of Topliss-reactive ketones (excluding diaryl/α,β-unsaturated/α-hetero) is 1. The van der Waals surface area contributed by atoms with Gasteiger partial charge in [-0.2, -0.15) is 0 Å². The van der Waals surface area contributed by atoms with Crippen molar-refractivity contribution in [2.45, 2.75) is 19.8 Å². The van der Waals surface area contributed by atoms with Crippen molar-refractivity contribution in [1.82, 2.24) is 0 Å². The molecule has 0 aromatic heterocycles. The van der Waals surface area contributed by atoms with E-state index in [4.69, 9.17) is 0 Å². The Morgan fingerprint density at radius 1 is 1.07 bits per heavy atom. The molecular formula is C14H14O. The van der Waals surface area contributed by atoms with Crippen molar-refractivity contribution in [1.29, 1.82) is 0 Å². The molecular weight excluding hydrogens is 184 g/mol. The topological polar surface area (TPSA) is 17.1 Å². The zero-order valence-electron chi connectivity index (χ0n) is 9.03. The third-order valence-electron chi connectivity index (χ3n) is 2.88. The molecule has 15 heavy (non-hydrogen) atoms. The summed E-state index contributed by atoms with van der Waals surface area (Å²) in [6.07, 6.45) is 0. The van der Waals surface area contributed by atoms with Gasteiger partial charge >= 0.3 is 0 Å². The first kappa shape index (κ1) is 9.91. The van der Waals surface area contributed by atoms with E-state index < -0.39 is 0 Å². The lowest BCUT2D eigenvalue weighted by atomic mass is 9.95. The van der Waals surface area contributed by atoms with Crippen LogP contribution in [0.2, 0.25) is 0 Å². The SMILES string of the molecule is CC(=O)[C@@H](C)c1ccc2ccccc2c1. The summed E-state index contributed by atoms with van der Waals surface area (Å²) in [5.74, 6) is 0.208. The van der Waals surface area contributed by atoms with Crippen LogP contribution in [-0.4, -0.2) is 5.78 Å². The van der Waals surface area contributed by atoms with Gasteiger partial charge in [-0.25, -0.2) is 0 Å². The van der Waals surface area contributed by atoms with Crippen LogP contribution in [0.4, 0.5) is 0 Å². The van der Waals surface area contributed by atoms with Crippen molar-refractivity contribution in [2.75, 3.05) is 0 Å². The fraction of sp³-hybridized carbons (Fsp3) is 0.214. The summed E-state index contributed by atoms with van der Waals surface area (Å²) in [6.45, 7) is 3.59. The molecule has 1 atom stereocenters. The van der Waals surface area contributed by atoms with Gasteiger partial charge in [0.25, 0.3) is 0 Å². The van der Waals surface area contributed by atoms with Crippen LogP contribution in [-0.2, 0) is 4.79 Å². The Labute approximate surface area is 89.7 Å². The molecule has 0 fully saturated rings. The van der Waals surface area contributed by atoms with Crippen molar-refractivity contribution < 1.29 is 4.79 Å². The second kappa shape index (κ2) is 3.85. The highest BCUT2D eigenvalue weighted by Gasteiger charge is 2.10. The van der Waals surface area contributed by atoms with Crippen LogP contribution in [0.1, 0.15) is 25.3 Å². The van der Waals surface area contributed by atoms with E-state index in [9.17, 15) is 4.79 Å². The molecule has 0 saturated heterocycles. The quantitative estimate of drug-likeness (QED) is 0.721. The number of fused-ring (bicyclic) bond motifs is 1. The zero-order valence-corrected chi connectivity index (χ0v) is 9.03. The summed E-state index contributed by atoms with van der Waals surface area (Å²) >= 11 is 0. The molecule has 0 radical (unpaired) electrons. The van der Waals surface area contributed by atoms with Gasteiger partial charge in [-0.3, -0.25) is 4.79 Å². The van der Waals surface area contributed by atoms with Crippen molar-refractivity contribution in [3.05, 3.63) is 48.0 Å². The molecule has 0 amide bonds. The van der Waals surface area contributed by atoms with E-state index in [-0.39, 0.29) is 11.7 Å². The van der Waals surface area contributed by atoms with E-state index in [1.807, 2.05) is 25.1 Å². The van der Waals surface area contributed by atoms with Crippen molar-refractivity contribution in [3.63, 3.8) is 0 Å². The summed E-state index contributed by atoms with van der Waals surface area (Å²) in [4.78, 5) is 11.3. The first-order valence-electron chi connectivity index (χ1n) is 5.17. The minimum absolute atomic E-state index is 0.00499. The van der Waals surface area contributed by atoms with Crippen molar-refractivity contribution in [3.8, 4) is 0 Å². The van der Waals surface area contributed by atoms with Gasteiger partial charge in [0.1, 0.15) is 5.78 Å². The standard InChI is InChI=1S/C14H14O/c1-10(11(2)15)13-8-7-12-5-3-4-6-14(12)9-13/h3-10H,1-2H3/t10-/m1/s1. The predicted octanol–water partition coefficient (Wildman–Crippen LogP) is 3.53. The number of hydrogen-bond donors (Lipinski definition) is 0. The fourth-order valence-corrected chi connectivity index (χ4v) is 1.71. The molecule has 0 unspecified atom stereocenters. The maximum atomic E-state index is 11.3. The highest BCUT2D eigenvalue weighted by Crippen LogP contribution is 2.21. The molecule has 0 aliphatic rings. The first-order chi connectivity index (χ1) is 7.18. The Hall–Kier alpha value is -1.63. The molecule has 76 valence electrons. The molecule has 1 nitrogen and oxygen atoms in total. The number of hydrogen-bond acceptors (Lipinski definition) is 1. The highest BCUT2D eigenvalue weighted by atomic mass is 16.1. The third-order valence-corrected chi connectivity index (χ3v) is 2.88. The Kier molecular flexibility index (Phi) is 2.55. The highest BCUT2D eigenvalue weighted by molar-refractivity contribution is 5.87.